The molecule has 1 aliphatic rings. The minimum atomic E-state index is 0.343. The molecule has 19 heavy (non-hydrogen) atoms. The molecule has 0 radical (unpaired) electrons. The highest BCUT2D eigenvalue weighted by atomic mass is 16.5. The zero-order chi connectivity index (χ0) is 13.9. The van der Waals surface area contributed by atoms with Crippen LogP contribution < -0.4 is 10.1 Å². The van der Waals surface area contributed by atoms with Gasteiger partial charge in [0.1, 0.15) is 5.75 Å². The second-order valence-electron chi connectivity index (χ2n) is 6.34. The monoisotopic (exact) mass is 261 g/mol. The van der Waals surface area contributed by atoms with Gasteiger partial charge in [-0.1, -0.05) is 32.4 Å². The van der Waals surface area contributed by atoms with Gasteiger partial charge in [0.15, 0.2) is 0 Å². The van der Waals surface area contributed by atoms with Gasteiger partial charge < -0.3 is 10.1 Å². The van der Waals surface area contributed by atoms with Gasteiger partial charge in [0.05, 0.1) is 7.11 Å². The summed E-state index contributed by atoms with van der Waals surface area (Å²) in [5, 5.41) is 3.64. The summed E-state index contributed by atoms with van der Waals surface area (Å²) in [5.41, 5.74) is 3.00. The van der Waals surface area contributed by atoms with Crippen molar-refractivity contribution in [2.24, 2.45) is 5.92 Å². The molecule has 0 atom stereocenters. The number of benzene rings is 1. The molecule has 1 N–H and O–H groups in total. The lowest BCUT2D eigenvalue weighted by atomic mass is 9.64. The highest BCUT2D eigenvalue weighted by Crippen LogP contribution is 2.44. The Balaban J connectivity index is 2.12. The summed E-state index contributed by atoms with van der Waals surface area (Å²) in [5.74, 6) is 1.73. The molecule has 2 heteroatoms. The molecular weight excluding hydrogens is 234 g/mol. The van der Waals surface area contributed by atoms with E-state index in [0.717, 1.165) is 18.8 Å². The molecule has 0 spiro atoms. The fourth-order valence-electron chi connectivity index (χ4n) is 2.92. The van der Waals surface area contributed by atoms with Gasteiger partial charge in [-0.2, -0.15) is 0 Å². The molecule has 0 saturated heterocycles. The van der Waals surface area contributed by atoms with Crippen LogP contribution in [0.5, 0.6) is 5.75 Å². The van der Waals surface area contributed by atoms with E-state index in [0.29, 0.717) is 11.3 Å². The van der Waals surface area contributed by atoms with Crippen molar-refractivity contribution in [1.29, 1.82) is 0 Å². The first-order valence-electron chi connectivity index (χ1n) is 7.43. The number of hydrogen-bond donors (Lipinski definition) is 1. The summed E-state index contributed by atoms with van der Waals surface area (Å²) in [4.78, 5) is 0. The van der Waals surface area contributed by atoms with Crippen LogP contribution in [0.15, 0.2) is 18.2 Å². The predicted molar refractivity (Wildman–Crippen MR) is 81.0 cm³/mol. The molecule has 0 heterocycles. The Morgan fingerprint density at radius 1 is 1.32 bits per heavy atom. The van der Waals surface area contributed by atoms with Gasteiger partial charge in [0.2, 0.25) is 0 Å². The molecule has 2 rings (SSSR count). The quantitative estimate of drug-likeness (QED) is 0.843. The molecule has 106 valence electrons. The minimum Gasteiger partial charge on any atom is -0.496 e. The van der Waals surface area contributed by atoms with E-state index < -0.39 is 0 Å². The first kappa shape index (κ1) is 14.4. The first-order chi connectivity index (χ1) is 9.07. The zero-order valence-electron chi connectivity index (χ0n) is 12.8. The third-order valence-electron chi connectivity index (χ3n) is 4.35. The van der Waals surface area contributed by atoms with Crippen LogP contribution >= 0.6 is 0 Å². The molecule has 1 aromatic carbocycles. The molecule has 0 bridgehead atoms. The molecule has 1 aliphatic carbocycles. The predicted octanol–water partition coefficient (Wildman–Crippen LogP) is 3.67. The van der Waals surface area contributed by atoms with E-state index in [-0.39, 0.29) is 0 Å². The van der Waals surface area contributed by atoms with Crippen LogP contribution in [0.25, 0.3) is 0 Å². The molecule has 1 saturated carbocycles. The van der Waals surface area contributed by atoms with Crippen molar-refractivity contribution in [1.82, 2.24) is 5.32 Å². The normalized spacial score (nSPS) is 17.3. The van der Waals surface area contributed by atoms with Crippen LogP contribution in [0.3, 0.4) is 0 Å². The third kappa shape index (κ3) is 3.11. The standard InChI is InChI=1S/C17H27NO/c1-13(2)11-18-12-17(8-5-9-17)15-7-6-14(3)16(10-15)19-4/h6-7,10,13,18H,5,8-9,11-12H2,1-4H3. The van der Waals surface area contributed by atoms with Crippen molar-refractivity contribution in [3.05, 3.63) is 29.3 Å². The summed E-state index contributed by atoms with van der Waals surface area (Å²) >= 11 is 0. The van der Waals surface area contributed by atoms with Crippen LogP contribution in [0.1, 0.15) is 44.2 Å². The van der Waals surface area contributed by atoms with E-state index in [1.54, 1.807) is 7.11 Å². The van der Waals surface area contributed by atoms with E-state index in [1.165, 1.54) is 30.4 Å². The molecule has 0 aliphatic heterocycles. The maximum absolute atomic E-state index is 5.47. The summed E-state index contributed by atoms with van der Waals surface area (Å²) < 4.78 is 5.47. The van der Waals surface area contributed by atoms with Crippen LogP contribution in [-0.2, 0) is 5.41 Å². The summed E-state index contributed by atoms with van der Waals surface area (Å²) in [6.45, 7) is 8.82. The number of nitrogens with one attached hydrogen (secondary N) is 1. The number of ether oxygens (including phenoxy) is 1. The second-order valence-corrected chi connectivity index (χ2v) is 6.34. The Morgan fingerprint density at radius 2 is 2.05 bits per heavy atom. The van der Waals surface area contributed by atoms with Crippen molar-refractivity contribution in [3.63, 3.8) is 0 Å². The van der Waals surface area contributed by atoms with Gasteiger partial charge in [0.25, 0.3) is 0 Å². The molecular formula is C17H27NO. The van der Waals surface area contributed by atoms with E-state index >= 15 is 0 Å². The van der Waals surface area contributed by atoms with E-state index in [1.807, 2.05) is 0 Å². The fourth-order valence-corrected chi connectivity index (χ4v) is 2.92. The highest BCUT2D eigenvalue weighted by Gasteiger charge is 2.38. The Morgan fingerprint density at radius 3 is 2.58 bits per heavy atom. The summed E-state index contributed by atoms with van der Waals surface area (Å²) in [7, 11) is 1.76. The molecule has 0 amide bonds. The lowest BCUT2D eigenvalue weighted by Crippen LogP contribution is -2.44. The van der Waals surface area contributed by atoms with Gasteiger partial charge >= 0.3 is 0 Å². The van der Waals surface area contributed by atoms with Crippen molar-refractivity contribution in [3.8, 4) is 5.75 Å². The largest absolute Gasteiger partial charge is 0.496 e. The van der Waals surface area contributed by atoms with Crippen LogP contribution in [-0.4, -0.2) is 20.2 Å². The van der Waals surface area contributed by atoms with Gasteiger partial charge in [-0.3, -0.25) is 0 Å². The van der Waals surface area contributed by atoms with Crippen molar-refractivity contribution in [2.45, 2.75) is 45.4 Å². The number of hydrogen-bond acceptors (Lipinski definition) is 2. The highest BCUT2D eigenvalue weighted by molar-refractivity contribution is 5.41. The maximum atomic E-state index is 5.47. The van der Waals surface area contributed by atoms with E-state index in [2.05, 4.69) is 44.3 Å². The third-order valence-corrected chi connectivity index (χ3v) is 4.35. The van der Waals surface area contributed by atoms with E-state index in [4.69, 9.17) is 4.74 Å². The van der Waals surface area contributed by atoms with Gasteiger partial charge in [-0.05, 0) is 49.4 Å². The lowest BCUT2D eigenvalue weighted by Gasteiger charge is -2.43. The topological polar surface area (TPSA) is 21.3 Å². The Labute approximate surface area is 117 Å². The van der Waals surface area contributed by atoms with Gasteiger partial charge in [-0.25, -0.2) is 0 Å². The Bertz CT molecular complexity index is 421. The molecule has 2 nitrogen and oxygen atoms in total. The van der Waals surface area contributed by atoms with Crippen molar-refractivity contribution in [2.75, 3.05) is 20.2 Å². The van der Waals surface area contributed by atoms with Crippen LogP contribution in [0, 0.1) is 12.8 Å². The SMILES string of the molecule is COc1cc(C2(CNCC(C)C)CCC2)ccc1C. The first-order valence-corrected chi connectivity index (χ1v) is 7.43. The number of aryl methyl sites for hydroxylation is 1. The fraction of sp³-hybridized carbons (Fsp3) is 0.647. The van der Waals surface area contributed by atoms with Crippen LogP contribution in [0.4, 0.5) is 0 Å². The smallest absolute Gasteiger partial charge is 0.122 e. The Kier molecular flexibility index (Phi) is 4.51. The average Bonchev–Trinajstić information content (AvgIpc) is 2.33. The molecule has 0 aromatic heterocycles. The van der Waals surface area contributed by atoms with Gasteiger partial charge in [0, 0.05) is 12.0 Å². The number of methoxy groups -OCH3 is 1. The molecule has 1 fully saturated rings. The van der Waals surface area contributed by atoms with Crippen molar-refractivity contribution < 1.29 is 4.74 Å². The second kappa shape index (κ2) is 5.96. The molecule has 1 aromatic rings. The van der Waals surface area contributed by atoms with E-state index in [9.17, 15) is 0 Å². The lowest BCUT2D eigenvalue weighted by molar-refractivity contribution is 0.230. The number of rotatable bonds is 6. The molecule has 0 unspecified atom stereocenters. The summed E-state index contributed by atoms with van der Waals surface area (Å²) in [6, 6.07) is 6.72. The minimum absolute atomic E-state index is 0.343. The Hall–Kier alpha value is -1.02. The average molecular weight is 261 g/mol. The zero-order valence-corrected chi connectivity index (χ0v) is 12.8. The summed E-state index contributed by atoms with van der Waals surface area (Å²) in [6.07, 6.45) is 3.94. The van der Waals surface area contributed by atoms with Gasteiger partial charge in [-0.15, -0.1) is 0 Å². The van der Waals surface area contributed by atoms with Crippen molar-refractivity contribution >= 4 is 0 Å². The maximum Gasteiger partial charge on any atom is 0.122 e. The van der Waals surface area contributed by atoms with Crippen LogP contribution in [0.2, 0.25) is 0 Å².